The molecule has 0 fully saturated rings. The molecule has 8 heteroatoms. The van der Waals surface area contributed by atoms with Crippen molar-refractivity contribution >= 4 is 23.0 Å². The minimum atomic E-state index is -0.838. The first-order valence-electron chi connectivity index (χ1n) is 4.84. The number of nitrogens with one attached hydrogen (secondary N) is 1. The first kappa shape index (κ1) is 12.3. The molecule has 1 heterocycles. The summed E-state index contributed by atoms with van der Waals surface area (Å²) in [7, 11) is 0. The maximum atomic E-state index is 13.1. The van der Waals surface area contributed by atoms with Gasteiger partial charge in [0.1, 0.15) is 23.5 Å². The zero-order valence-electron chi connectivity index (χ0n) is 8.89. The fourth-order valence-corrected chi connectivity index (χ4v) is 1.51. The Labute approximate surface area is 105 Å². The SMILES string of the molecule is O=[N+]([O-])c1cc(F)c(Cl)cc1NCc1ccon1. The maximum Gasteiger partial charge on any atom is 0.295 e. The van der Waals surface area contributed by atoms with Crippen molar-refractivity contribution in [2.75, 3.05) is 5.32 Å². The van der Waals surface area contributed by atoms with Gasteiger partial charge in [-0.05, 0) is 6.07 Å². The minimum Gasteiger partial charge on any atom is -0.374 e. The summed E-state index contributed by atoms with van der Waals surface area (Å²) in [5.74, 6) is -0.838. The van der Waals surface area contributed by atoms with Crippen LogP contribution in [0.5, 0.6) is 0 Å². The van der Waals surface area contributed by atoms with Crippen LogP contribution in [0.15, 0.2) is 29.0 Å². The molecule has 0 atom stereocenters. The van der Waals surface area contributed by atoms with Gasteiger partial charge in [-0.15, -0.1) is 0 Å². The van der Waals surface area contributed by atoms with Crippen LogP contribution < -0.4 is 5.32 Å². The fourth-order valence-electron chi connectivity index (χ4n) is 1.34. The highest BCUT2D eigenvalue weighted by Crippen LogP contribution is 2.30. The topological polar surface area (TPSA) is 81.2 Å². The lowest BCUT2D eigenvalue weighted by atomic mass is 10.2. The van der Waals surface area contributed by atoms with Crippen molar-refractivity contribution in [1.82, 2.24) is 5.16 Å². The smallest absolute Gasteiger partial charge is 0.295 e. The van der Waals surface area contributed by atoms with Crippen molar-refractivity contribution in [2.45, 2.75) is 6.54 Å². The Morgan fingerprint density at radius 1 is 1.56 bits per heavy atom. The Morgan fingerprint density at radius 2 is 2.33 bits per heavy atom. The highest BCUT2D eigenvalue weighted by Gasteiger charge is 2.17. The van der Waals surface area contributed by atoms with Gasteiger partial charge in [0.05, 0.1) is 22.6 Å². The fraction of sp³-hybridized carbons (Fsp3) is 0.100. The van der Waals surface area contributed by atoms with Crippen molar-refractivity contribution in [3.63, 3.8) is 0 Å². The number of nitrogens with zero attached hydrogens (tertiary/aromatic N) is 2. The molecule has 0 radical (unpaired) electrons. The molecule has 94 valence electrons. The third-order valence-corrected chi connectivity index (χ3v) is 2.48. The van der Waals surface area contributed by atoms with Crippen LogP contribution in [-0.4, -0.2) is 10.1 Å². The third kappa shape index (κ3) is 2.57. The van der Waals surface area contributed by atoms with Gasteiger partial charge in [0.15, 0.2) is 0 Å². The number of hydrogen-bond acceptors (Lipinski definition) is 5. The molecule has 1 N–H and O–H groups in total. The van der Waals surface area contributed by atoms with Gasteiger partial charge < -0.3 is 9.84 Å². The van der Waals surface area contributed by atoms with Crippen LogP contribution in [0, 0.1) is 15.9 Å². The summed E-state index contributed by atoms with van der Waals surface area (Å²) in [5.41, 5.74) is 0.291. The molecule has 0 saturated heterocycles. The van der Waals surface area contributed by atoms with Gasteiger partial charge in [-0.25, -0.2) is 4.39 Å². The van der Waals surface area contributed by atoms with Crippen LogP contribution >= 0.6 is 11.6 Å². The van der Waals surface area contributed by atoms with E-state index in [1.165, 1.54) is 6.26 Å². The number of halogens is 2. The number of hydrogen-bond donors (Lipinski definition) is 1. The molecule has 0 bridgehead atoms. The molecule has 18 heavy (non-hydrogen) atoms. The van der Waals surface area contributed by atoms with E-state index >= 15 is 0 Å². The standard InChI is InChI=1S/C10H7ClFN3O3/c11-7-3-9(10(15(16)17)4-8(7)12)13-5-6-1-2-18-14-6/h1-4,13H,5H2. The van der Waals surface area contributed by atoms with Gasteiger partial charge in [-0.3, -0.25) is 10.1 Å². The van der Waals surface area contributed by atoms with Gasteiger partial charge >= 0.3 is 0 Å². The Morgan fingerprint density at radius 3 is 2.94 bits per heavy atom. The number of rotatable bonds is 4. The zero-order chi connectivity index (χ0) is 13.1. The maximum absolute atomic E-state index is 13.1. The molecular formula is C10H7ClFN3O3. The number of benzene rings is 1. The molecule has 0 spiro atoms. The molecule has 0 aliphatic rings. The van der Waals surface area contributed by atoms with Crippen LogP contribution in [0.4, 0.5) is 15.8 Å². The Balaban J connectivity index is 2.25. The molecule has 0 aliphatic heterocycles. The molecular weight excluding hydrogens is 265 g/mol. The van der Waals surface area contributed by atoms with E-state index in [4.69, 9.17) is 11.6 Å². The molecule has 6 nitrogen and oxygen atoms in total. The van der Waals surface area contributed by atoms with Crippen molar-refractivity contribution in [3.8, 4) is 0 Å². The van der Waals surface area contributed by atoms with E-state index in [1.54, 1.807) is 6.07 Å². The van der Waals surface area contributed by atoms with E-state index in [0.29, 0.717) is 5.69 Å². The molecule has 1 aromatic carbocycles. The highest BCUT2D eigenvalue weighted by atomic mass is 35.5. The lowest BCUT2D eigenvalue weighted by Gasteiger charge is -2.06. The van der Waals surface area contributed by atoms with Gasteiger partial charge in [0.2, 0.25) is 0 Å². The van der Waals surface area contributed by atoms with E-state index in [1.807, 2.05) is 0 Å². The Bertz CT molecular complexity index is 574. The highest BCUT2D eigenvalue weighted by molar-refractivity contribution is 6.31. The lowest BCUT2D eigenvalue weighted by Crippen LogP contribution is -2.03. The normalized spacial score (nSPS) is 10.3. The van der Waals surface area contributed by atoms with Crippen LogP contribution in [0.2, 0.25) is 5.02 Å². The quantitative estimate of drug-likeness (QED) is 0.683. The average Bonchev–Trinajstić information content (AvgIpc) is 2.83. The number of anilines is 1. The van der Waals surface area contributed by atoms with Crippen LogP contribution in [0.1, 0.15) is 5.69 Å². The van der Waals surface area contributed by atoms with Gasteiger partial charge in [0, 0.05) is 6.07 Å². The summed E-state index contributed by atoms with van der Waals surface area (Å²) in [5, 5.41) is 17.0. The Kier molecular flexibility index (Phi) is 3.42. The molecule has 0 unspecified atom stereocenters. The Hall–Kier alpha value is -2.15. The predicted molar refractivity (Wildman–Crippen MR) is 61.9 cm³/mol. The van der Waals surface area contributed by atoms with E-state index in [2.05, 4.69) is 15.0 Å². The van der Waals surface area contributed by atoms with Crippen molar-refractivity contribution in [3.05, 3.63) is 51.1 Å². The second-order valence-electron chi connectivity index (χ2n) is 3.38. The first-order valence-corrected chi connectivity index (χ1v) is 5.22. The molecule has 2 aromatic rings. The van der Waals surface area contributed by atoms with Gasteiger partial charge in [-0.1, -0.05) is 16.8 Å². The largest absolute Gasteiger partial charge is 0.374 e. The van der Waals surface area contributed by atoms with Crippen molar-refractivity contribution < 1.29 is 13.8 Å². The molecule has 0 aliphatic carbocycles. The second-order valence-corrected chi connectivity index (χ2v) is 3.79. The van der Waals surface area contributed by atoms with Crippen molar-refractivity contribution in [1.29, 1.82) is 0 Å². The van der Waals surface area contributed by atoms with E-state index < -0.39 is 10.7 Å². The van der Waals surface area contributed by atoms with Crippen LogP contribution in [-0.2, 0) is 6.54 Å². The van der Waals surface area contributed by atoms with Crippen molar-refractivity contribution in [2.24, 2.45) is 0 Å². The van der Waals surface area contributed by atoms with Crippen LogP contribution in [0.25, 0.3) is 0 Å². The van der Waals surface area contributed by atoms with E-state index in [9.17, 15) is 14.5 Å². The molecule has 0 amide bonds. The van der Waals surface area contributed by atoms with E-state index in [-0.39, 0.29) is 22.9 Å². The number of aromatic nitrogens is 1. The third-order valence-electron chi connectivity index (χ3n) is 2.19. The minimum absolute atomic E-state index is 0.120. The lowest BCUT2D eigenvalue weighted by molar-refractivity contribution is -0.384. The average molecular weight is 272 g/mol. The zero-order valence-corrected chi connectivity index (χ0v) is 9.65. The van der Waals surface area contributed by atoms with Crippen LogP contribution in [0.3, 0.4) is 0 Å². The second kappa shape index (κ2) is 5.01. The molecule has 2 rings (SSSR count). The number of nitro groups is 1. The predicted octanol–water partition coefficient (Wildman–Crippen LogP) is 2.99. The molecule has 1 aromatic heterocycles. The van der Waals surface area contributed by atoms with Gasteiger partial charge in [0.25, 0.3) is 5.69 Å². The summed E-state index contributed by atoms with van der Waals surface area (Å²) in [6.45, 7) is 0.208. The van der Waals surface area contributed by atoms with Gasteiger partial charge in [-0.2, -0.15) is 0 Å². The monoisotopic (exact) mass is 271 g/mol. The summed E-state index contributed by atoms with van der Waals surface area (Å²) in [6.07, 6.45) is 1.38. The summed E-state index contributed by atoms with van der Waals surface area (Å²) >= 11 is 5.58. The summed E-state index contributed by atoms with van der Waals surface area (Å²) in [4.78, 5) is 10.1. The summed E-state index contributed by atoms with van der Waals surface area (Å²) in [6, 6.07) is 3.53. The molecule has 0 saturated carbocycles. The first-order chi connectivity index (χ1) is 8.58. The summed E-state index contributed by atoms with van der Waals surface area (Å²) < 4.78 is 17.8. The number of nitro benzene ring substituents is 1. The van der Waals surface area contributed by atoms with E-state index in [0.717, 1.165) is 12.1 Å².